The summed E-state index contributed by atoms with van der Waals surface area (Å²) in [6.45, 7) is 4.27. The highest BCUT2D eigenvalue weighted by molar-refractivity contribution is 7.82. The maximum Gasteiger partial charge on any atom is 0.316 e. The topological polar surface area (TPSA) is 152 Å². The number of aliphatic hydroxyl groups excluding tert-OH is 2. The lowest BCUT2D eigenvalue weighted by molar-refractivity contribution is -0.137. The molecule has 0 rings (SSSR count). The molecule has 0 amide bonds. The molecule has 0 fully saturated rings. The predicted octanol–water partition coefficient (Wildman–Crippen LogP) is 0.139. The van der Waals surface area contributed by atoms with Crippen molar-refractivity contribution in [1.82, 2.24) is 0 Å². The van der Waals surface area contributed by atoms with Crippen LogP contribution in [0.3, 0.4) is 0 Å². The van der Waals surface area contributed by atoms with Crippen molar-refractivity contribution in [2.75, 3.05) is 13.2 Å². The van der Waals surface area contributed by atoms with Crippen molar-refractivity contribution in [3.63, 3.8) is 0 Å². The number of hydrogen-bond donors (Lipinski definition) is 8. The molecule has 3 atom stereocenters. The summed E-state index contributed by atoms with van der Waals surface area (Å²) < 4.78 is 0. The van der Waals surface area contributed by atoms with E-state index in [1.165, 1.54) is 20.8 Å². The first-order valence-electron chi connectivity index (χ1n) is 5.79. The quantitative estimate of drug-likeness (QED) is 0.321. The molecule has 0 aliphatic carbocycles. The number of rotatable bonds is 4. The van der Waals surface area contributed by atoms with Gasteiger partial charge >= 0.3 is 17.9 Å². The maximum atomic E-state index is 9.62. The molecular weight excluding hydrogens is 356 g/mol. The Labute approximate surface area is 145 Å². The van der Waals surface area contributed by atoms with Crippen molar-refractivity contribution in [2.45, 2.75) is 36.5 Å². The molecule has 134 valence electrons. The molecule has 0 radical (unpaired) electrons. The monoisotopic (exact) mass is 380 g/mol. The zero-order chi connectivity index (χ0) is 18.9. The van der Waals surface area contributed by atoms with Crippen molar-refractivity contribution in [3.8, 4) is 0 Å². The third kappa shape index (κ3) is 42.7. The fourth-order valence-electron chi connectivity index (χ4n) is 0. The lowest BCUT2D eigenvalue weighted by Crippen LogP contribution is -2.06. The number of hydrogen-bond acceptors (Lipinski definition) is 8. The number of carbonyl (C=O) groups is 3. The van der Waals surface area contributed by atoms with Gasteiger partial charge in [0.25, 0.3) is 0 Å². The van der Waals surface area contributed by atoms with Crippen molar-refractivity contribution in [1.29, 1.82) is 0 Å². The van der Waals surface area contributed by atoms with E-state index < -0.39 is 33.7 Å². The molecule has 0 saturated heterocycles. The van der Waals surface area contributed by atoms with Gasteiger partial charge < -0.3 is 25.5 Å². The molecule has 0 aromatic carbocycles. The van der Waals surface area contributed by atoms with Gasteiger partial charge in [-0.2, -0.15) is 37.9 Å². The fraction of sp³-hybridized carbons (Fsp3) is 0.727. The van der Waals surface area contributed by atoms with Gasteiger partial charge in [-0.15, -0.1) is 0 Å². The average molecular weight is 381 g/mol. The van der Waals surface area contributed by atoms with E-state index in [-0.39, 0.29) is 13.2 Å². The van der Waals surface area contributed by atoms with E-state index in [4.69, 9.17) is 25.5 Å². The van der Waals surface area contributed by atoms with E-state index in [1.807, 2.05) is 0 Å². The number of carboxylic acids is 3. The van der Waals surface area contributed by atoms with Gasteiger partial charge in [-0.3, -0.25) is 14.4 Å². The normalized spacial score (nSPS) is 12.5. The molecule has 0 saturated carbocycles. The number of aliphatic carboxylic acids is 3. The van der Waals surface area contributed by atoms with Crippen molar-refractivity contribution in [3.05, 3.63) is 0 Å². The fourth-order valence-corrected chi connectivity index (χ4v) is 0. The first-order valence-corrected chi connectivity index (χ1v) is 7.34. The van der Waals surface area contributed by atoms with Gasteiger partial charge in [0.05, 0.1) is 29.0 Å². The van der Waals surface area contributed by atoms with Crippen LogP contribution in [0.2, 0.25) is 0 Å². The van der Waals surface area contributed by atoms with Gasteiger partial charge in [-0.25, -0.2) is 0 Å². The van der Waals surface area contributed by atoms with E-state index >= 15 is 0 Å². The number of carboxylic acid groups (broad SMARTS) is 3. The van der Waals surface area contributed by atoms with E-state index in [2.05, 4.69) is 37.9 Å². The summed E-state index contributed by atoms with van der Waals surface area (Å²) >= 11 is 10.8. The van der Waals surface area contributed by atoms with Crippen LogP contribution in [0.25, 0.3) is 0 Å². The second-order valence-corrected chi connectivity index (χ2v) is 5.81. The lowest BCUT2D eigenvalue weighted by Gasteiger charge is -1.88. The van der Waals surface area contributed by atoms with Crippen LogP contribution in [0.5, 0.6) is 0 Å². The van der Waals surface area contributed by atoms with Crippen molar-refractivity contribution < 1.29 is 39.9 Å². The number of thiol groups is 3. The van der Waals surface area contributed by atoms with Crippen LogP contribution in [0.1, 0.15) is 20.8 Å². The molecule has 0 aliphatic rings. The summed E-state index contributed by atoms with van der Waals surface area (Å²) in [6.07, 6.45) is 0. The Kier molecular flexibility index (Phi) is 27.2. The summed E-state index contributed by atoms with van der Waals surface area (Å²) in [7, 11) is 0. The van der Waals surface area contributed by atoms with E-state index in [1.54, 1.807) is 0 Å². The first-order chi connectivity index (χ1) is 9.84. The molecule has 5 N–H and O–H groups in total. The van der Waals surface area contributed by atoms with Crippen molar-refractivity contribution in [2.24, 2.45) is 0 Å². The average Bonchev–Trinajstić information content (AvgIpc) is 2.39. The van der Waals surface area contributed by atoms with Gasteiger partial charge in [0, 0.05) is 0 Å². The van der Waals surface area contributed by atoms with Gasteiger partial charge in [0.15, 0.2) is 0 Å². The Bertz CT molecular complexity index is 250. The second-order valence-electron chi connectivity index (χ2n) is 3.49. The van der Waals surface area contributed by atoms with E-state index in [9.17, 15) is 14.4 Å². The first kappa shape index (κ1) is 29.4. The Balaban J connectivity index is -0.0000000994. The Morgan fingerprint density at radius 1 is 0.682 bits per heavy atom. The molecule has 8 nitrogen and oxygen atoms in total. The largest absolute Gasteiger partial charge is 0.480 e. The highest BCUT2D eigenvalue weighted by Crippen LogP contribution is 1.89. The molecule has 0 aliphatic heterocycles. The van der Waals surface area contributed by atoms with Crippen LogP contribution in [-0.4, -0.2) is 72.4 Å². The molecule has 0 aromatic heterocycles. The van der Waals surface area contributed by atoms with Gasteiger partial charge in [0.1, 0.15) is 0 Å². The Morgan fingerprint density at radius 2 is 0.773 bits per heavy atom. The molecular formula is C11H24O8S3. The standard InChI is InChI=1S/3C3H6O2S.C2H6O2/c3*1-2(6)3(4)5;3-1-2-4/h3*2,6H,1H3,(H,4,5);3-4H,1-2H2. The van der Waals surface area contributed by atoms with Crippen molar-refractivity contribution >= 4 is 55.8 Å². The van der Waals surface area contributed by atoms with Crippen LogP contribution in [0.15, 0.2) is 0 Å². The molecule has 11 heteroatoms. The summed E-state index contributed by atoms with van der Waals surface area (Å²) in [5.74, 6) is -2.63. The highest BCUT2D eigenvalue weighted by atomic mass is 32.1. The van der Waals surface area contributed by atoms with Gasteiger partial charge in [-0.05, 0) is 20.8 Å². The minimum Gasteiger partial charge on any atom is -0.480 e. The summed E-state index contributed by atoms with van der Waals surface area (Å²) in [4.78, 5) is 28.9. The zero-order valence-electron chi connectivity index (χ0n) is 12.4. The summed E-state index contributed by atoms with van der Waals surface area (Å²) in [5.41, 5.74) is 0. The predicted molar refractivity (Wildman–Crippen MR) is 92.4 cm³/mol. The maximum absolute atomic E-state index is 9.62. The smallest absolute Gasteiger partial charge is 0.316 e. The molecule has 3 unspecified atom stereocenters. The third-order valence-corrected chi connectivity index (χ3v) is 1.83. The molecule has 0 aromatic rings. The lowest BCUT2D eigenvalue weighted by atomic mass is 10.5. The molecule has 0 bridgehead atoms. The Hall–Kier alpha value is -0.620. The van der Waals surface area contributed by atoms with Crippen LogP contribution in [0.4, 0.5) is 0 Å². The third-order valence-electron chi connectivity index (χ3n) is 1.17. The summed E-state index contributed by atoms with van der Waals surface area (Å²) in [5, 5.41) is 37.4. The molecule has 0 heterocycles. The minimum atomic E-state index is -0.877. The molecule has 22 heavy (non-hydrogen) atoms. The SMILES string of the molecule is CC(S)C(=O)O.CC(S)C(=O)O.CC(S)C(=O)O.OCCO. The minimum absolute atomic E-state index is 0.125. The second kappa shape index (κ2) is 20.4. The van der Waals surface area contributed by atoms with E-state index in [0.29, 0.717) is 0 Å². The van der Waals surface area contributed by atoms with Crippen LogP contribution in [-0.2, 0) is 14.4 Å². The van der Waals surface area contributed by atoms with Gasteiger partial charge in [0.2, 0.25) is 0 Å². The van der Waals surface area contributed by atoms with Gasteiger partial charge in [-0.1, -0.05) is 0 Å². The number of aliphatic hydroxyl groups is 2. The zero-order valence-corrected chi connectivity index (χ0v) is 15.1. The summed E-state index contributed by atoms with van der Waals surface area (Å²) in [6, 6.07) is 0. The van der Waals surface area contributed by atoms with Crippen LogP contribution >= 0.6 is 37.9 Å². The van der Waals surface area contributed by atoms with E-state index in [0.717, 1.165) is 0 Å². The Morgan fingerprint density at radius 3 is 0.773 bits per heavy atom. The highest BCUT2D eigenvalue weighted by Gasteiger charge is 2.01. The molecule has 0 spiro atoms. The van der Waals surface area contributed by atoms with Crippen LogP contribution in [0, 0.1) is 0 Å². The van der Waals surface area contributed by atoms with Crippen LogP contribution < -0.4 is 0 Å².